The highest BCUT2D eigenvalue weighted by Gasteiger charge is 2.18. The van der Waals surface area contributed by atoms with Crippen LogP contribution in [-0.4, -0.2) is 34.1 Å². The fraction of sp³-hybridized carbons (Fsp3) is 0.185. The van der Waals surface area contributed by atoms with E-state index in [0.717, 1.165) is 4.47 Å². The molecule has 0 saturated carbocycles. The second kappa shape index (κ2) is 11.7. The predicted octanol–water partition coefficient (Wildman–Crippen LogP) is 6.87. The minimum absolute atomic E-state index is 0.0649. The van der Waals surface area contributed by atoms with Crippen LogP contribution in [0.1, 0.15) is 47.1 Å². The van der Waals surface area contributed by atoms with Crippen molar-refractivity contribution >= 4 is 66.5 Å². The third-order valence-electron chi connectivity index (χ3n) is 5.59. The third-order valence-corrected chi connectivity index (χ3v) is 7.53. The van der Waals surface area contributed by atoms with Crippen LogP contribution in [0.25, 0.3) is 10.9 Å². The number of nitrogens with zero attached hydrogens (tertiary/aromatic N) is 3. The van der Waals surface area contributed by atoms with Gasteiger partial charge in [0.1, 0.15) is 17.5 Å². The Bertz CT molecular complexity index is 1640. The van der Waals surface area contributed by atoms with Crippen LogP contribution in [0.3, 0.4) is 0 Å². The summed E-state index contributed by atoms with van der Waals surface area (Å²) in [4.78, 5) is 29.2. The molecule has 4 rings (SSSR count). The lowest BCUT2D eigenvalue weighted by Gasteiger charge is -2.16. The van der Waals surface area contributed by atoms with Crippen molar-refractivity contribution in [1.29, 1.82) is 0 Å². The van der Waals surface area contributed by atoms with E-state index in [4.69, 9.17) is 21.1 Å². The summed E-state index contributed by atoms with van der Waals surface area (Å²) in [6, 6.07) is 13.4. The SMILES string of the molecule is COc1cc(C=Nn2c(C(C)C)nc3ccc(Br)cc3c2=O)c(Br)c(Cl)c1OCc1cccc(C(=O)O)c1. The summed E-state index contributed by atoms with van der Waals surface area (Å²) in [6.07, 6.45) is 1.50. The highest BCUT2D eigenvalue weighted by atomic mass is 79.9. The quantitative estimate of drug-likeness (QED) is 0.207. The molecule has 38 heavy (non-hydrogen) atoms. The smallest absolute Gasteiger partial charge is 0.335 e. The highest BCUT2D eigenvalue weighted by molar-refractivity contribution is 9.10. The van der Waals surface area contributed by atoms with Gasteiger partial charge in [0.25, 0.3) is 5.56 Å². The molecule has 0 spiro atoms. The van der Waals surface area contributed by atoms with Gasteiger partial charge in [-0.15, -0.1) is 0 Å². The molecule has 11 heteroatoms. The molecule has 1 aromatic heterocycles. The molecule has 0 atom stereocenters. The van der Waals surface area contributed by atoms with Crippen LogP contribution in [0.2, 0.25) is 5.02 Å². The fourth-order valence-corrected chi connectivity index (χ4v) is 4.72. The molecule has 0 unspecified atom stereocenters. The maximum absolute atomic E-state index is 13.3. The number of fused-ring (bicyclic) bond motifs is 1. The van der Waals surface area contributed by atoms with Crippen LogP contribution in [0, 0.1) is 0 Å². The molecule has 8 nitrogen and oxygen atoms in total. The van der Waals surface area contributed by atoms with Crippen LogP contribution >= 0.6 is 43.5 Å². The molecule has 0 bridgehead atoms. The second-order valence-corrected chi connectivity index (χ2v) is 10.7. The standard InChI is InChI=1S/C27H22Br2ClN3O5/c1-14(2)25-32-20-8-7-18(28)11-19(20)26(34)33(25)31-12-17-10-21(37-3)24(23(30)22(17)29)38-13-15-5-4-6-16(9-15)27(35)36/h4-12,14H,13H2,1-3H3,(H,35,36). The molecule has 0 aliphatic heterocycles. The van der Waals surface area contributed by atoms with E-state index in [9.17, 15) is 14.7 Å². The molecule has 4 aromatic rings. The maximum Gasteiger partial charge on any atom is 0.335 e. The van der Waals surface area contributed by atoms with E-state index < -0.39 is 5.97 Å². The summed E-state index contributed by atoms with van der Waals surface area (Å²) in [7, 11) is 1.48. The van der Waals surface area contributed by atoms with Crippen LogP contribution in [0.4, 0.5) is 0 Å². The number of aromatic nitrogens is 2. The zero-order valence-electron chi connectivity index (χ0n) is 20.5. The van der Waals surface area contributed by atoms with Crippen molar-refractivity contribution in [2.75, 3.05) is 7.11 Å². The van der Waals surface area contributed by atoms with Crippen LogP contribution in [-0.2, 0) is 6.61 Å². The number of carbonyl (C=O) groups is 1. The summed E-state index contributed by atoms with van der Waals surface area (Å²) in [6.45, 7) is 3.95. The summed E-state index contributed by atoms with van der Waals surface area (Å²) >= 11 is 13.5. The van der Waals surface area contributed by atoms with Gasteiger partial charge in [-0.1, -0.05) is 53.5 Å². The van der Waals surface area contributed by atoms with E-state index in [1.165, 1.54) is 30.1 Å². The van der Waals surface area contributed by atoms with Crippen molar-refractivity contribution < 1.29 is 19.4 Å². The summed E-state index contributed by atoms with van der Waals surface area (Å²) in [5.41, 5.74) is 1.65. The molecule has 0 saturated heterocycles. The van der Waals surface area contributed by atoms with Gasteiger partial charge in [0.05, 0.1) is 29.8 Å². The first-order valence-corrected chi connectivity index (χ1v) is 13.3. The monoisotopic (exact) mass is 661 g/mol. The van der Waals surface area contributed by atoms with Gasteiger partial charge in [0.15, 0.2) is 11.5 Å². The number of benzene rings is 3. The minimum atomic E-state index is -1.03. The number of rotatable bonds is 8. The Balaban J connectivity index is 1.71. The van der Waals surface area contributed by atoms with Crippen molar-refractivity contribution in [1.82, 2.24) is 9.66 Å². The van der Waals surface area contributed by atoms with Crippen LogP contribution in [0.5, 0.6) is 11.5 Å². The fourth-order valence-electron chi connectivity index (χ4n) is 3.71. The number of hydrogen-bond donors (Lipinski definition) is 1. The largest absolute Gasteiger partial charge is 0.493 e. The molecule has 196 valence electrons. The first kappa shape index (κ1) is 27.8. The van der Waals surface area contributed by atoms with Crippen molar-refractivity contribution in [2.24, 2.45) is 5.10 Å². The normalized spacial score (nSPS) is 11.4. The first-order chi connectivity index (χ1) is 18.1. The van der Waals surface area contributed by atoms with Crippen molar-refractivity contribution in [2.45, 2.75) is 26.4 Å². The molecule has 0 amide bonds. The Morgan fingerprint density at radius 2 is 1.97 bits per heavy atom. The molecule has 0 fully saturated rings. The van der Waals surface area contributed by atoms with Gasteiger partial charge in [-0.25, -0.2) is 9.78 Å². The van der Waals surface area contributed by atoms with Crippen molar-refractivity contribution in [3.63, 3.8) is 0 Å². The number of methoxy groups -OCH3 is 1. The molecule has 1 N–H and O–H groups in total. The number of carboxylic acids is 1. The lowest BCUT2D eigenvalue weighted by molar-refractivity contribution is 0.0696. The summed E-state index contributed by atoms with van der Waals surface area (Å²) < 4.78 is 14.0. The Morgan fingerprint density at radius 3 is 2.66 bits per heavy atom. The van der Waals surface area contributed by atoms with E-state index in [1.807, 2.05) is 19.9 Å². The lowest BCUT2D eigenvalue weighted by atomic mass is 10.1. The van der Waals surface area contributed by atoms with Gasteiger partial charge in [-0.2, -0.15) is 9.78 Å². The van der Waals surface area contributed by atoms with Gasteiger partial charge < -0.3 is 14.6 Å². The second-order valence-electron chi connectivity index (χ2n) is 8.57. The number of ether oxygens (including phenoxy) is 2. The molecule has 3 aromatic carbocycles. The zero-order chi connectivity index (χ0) is 27.6. The molecular formula is C27H22Br2ClN3O5. The highest BCUT2D eigenvalue weighted by Crippen LogP contribution is 2.42. The van der Waals surface area contributed by atoms with E-state index >= 15 is 0 Å². The molecule has 1 heterocycles. The zero-order valence-corrected chi connectivity index (χ0v) is 24.5. The molecule has 0 aliphatic rings. The van der Waals surface area contributed by atoms with Crippen molar-refractivity contribution in [3.8, 4) is 11.5 Å². The average molecular weight is 664 g/mol. The van der Waals surface area contributed by atoms with E-state index in [2.05, 4.69) is 41.9 Å². The van der Waals surface area contributed by atoms with Gasteiger partial charge >= 0.3 is 5.97 Å². The number of carboxylic acid groups (broad SMARTS) is 1. The lowest BCUT2D eigenvalue weighted by Crippen LogP contribution is -2.23. The van der Waals surface area contributed by atoms with Crippen molar-refractivity contribution in [3.05, 3.63) is 95.4 Å². The Hall–Kier alpha value is -3.21. The van der Waals surface area contributed by atoms with E-state index in [-0.39, 0.29) is 34.4 Å². The number of aromatic carboxylic acids is 1. The maximum atomic E-state index is 13.3. The van der Waals surface area contributed by atoms with Gasteiger partial charge in [0, 0.05) is 20.4 Å². The molecule has 0 radical (unpaired) electrons. The molecular weight excluding hydrogens is 642 g/mol. The Morgan fingerprint density at radius 1 is 1.21 bits per heavy atom. The number of halogens is 3. The topological polar surface area (TPSA) is 103 Å². The summed E-state index contributed by atoms with van der Waals surface area (Å²) in [5.74, 6) is 0.0358. The molecule has 0 aliphatic carbocycles. The number of hydrogen-bond acceptors (Lipinski definition) is 6. The van der Waals surface area contributed by atoms with Crippen LogP contribution in [0.15, 0.2) is 67.4 Å². The minimum Gasteiger partial charge on any atom is -0.493 e. The Labute approximate surface area is 240 Å². The third kappa shape index (κ3) is 5.77. The van der Waals surface area contributed by atoms with Gasteiger partial charge in [-0.05, 0) is 57.9 Å². The van der Waals surface area contributed by atoms with Gasteiger partial charge in [0.2, 0.25) is 0 Å². The summed E-state index contributed by atoms with van der Waals surface area (Å²) in [5, 5.41) is 14.4. The predicted molar refractivity (Wildman–Crippen MR) is 154 cm³/mol. The first-order valence-electron chi connectivity index (χ1n) is 11.4. The van der Waals surface area contributed by atoms with E-state index in [0.29, 0.717) is 38.1 Å². The van der Waals surface area contributed by atoms with Crippen LogP contribution < -0.4 is 15.0 Å². The average Bonchev–Trinajstić information content (AvgIpc) is 2.89. The Kier molecular flexibility index (Phi) is 8.54. The van der Waals surface area contributed by atoms with E-state index in [1.54, 1.807) is 30.3 Å². The van der Waals surface area contributed by atoms with Gasteiger partial charge in [-0.3, -0.25) is 4.79 Å².